The normalized spacial score (nSPS) is 17.2. The van der Waals surface area contributed by atoms with Crippen LogP contribution in [0.25, 0.3) is 0 Å². The summed E-state index contributed by atoms with van der Waals surface area (Å²) >= 11 is 0. The zero-order chi connectivity index (χ0) is 14.7. The maximum absolute atomic E-state index is 4.56. The number of aromatic nitrogens is 4. The number of hydrogen-bond donors (Lipinski definition) is 1. The van der Waals surface area contributed by atoms with Crippen molar-refractivity contribution in [3.05, 3.63) is 30.2 Å². The minimum Gasteiger partial charge on any atom is -0.364 e. The standard InChI is InChI=1S/C16H25N5/c1-3-13(2)20-9-8-16(19-20)17-10-14-11-18-21(12-14)15-6-4-5-7-15/h8-9,11-13,15H,3-7,10H2,1-2H3,(H,17,19)/t13-/m1/s1. The van der Waals surface area contributed by atoms with Crippen molar-refractivity contribution in [1.82, 2.24) is 19.6 Å². The van der Waals surface area contributed by atoms with Crippen molar-refractivity contribution in [1.29, 1.82) is 0 Å². The van der Waals surface area contributed by atoms with Gasteiger partial charge in [0.1, 0.15) is 5.82 Å². The molecule has 1 aliphatic carbocycles. The lowest BCUT2D eigenvalue weighted by molar-refractivity contribution is 0.466. The van der Waals surface area contributed by atoms with Crippen molar-refractivity contribution in [2.45, 2.75) is 64.6 Å². The van der Waals surface area contributed by atoms with Gasteiger partial charge < -0.3 is 5.32 Å². The molecule has 1 atom stereocenters. The van der Waals surface area contributed by atoms with Crippen LogP contribution in [0.15, 0.2) is 24.7 Å². The molecule has 1 aliphatic rings. The molecule has 0 saturated heterocycles. The van der Waals surface area contributed by atoms with E-state index in [0.29, 0.717) is 12.1 Å². The van der Waals surface area contributed by atoms with E-state index in [1.165, 1.54) is 31.2 Å². The Labute approximate surface area is 126 Å². The molecule has 1 fully saturated rings. The van der Waals surface area contributed by atoms with E-state index < -0.39 is 0 Å². The molecule has 0 aliphatic heterocycles. The van der Waals surface area contributed by atoms with Gasteiger partial charge in [-0.2, -0.15) is 10.2 Å². The van der Waals surface area contributed by atoms with Crippen molar-refractivity contribution in [3.8, 4) is 0 Å². The van der Waals surface area contributed by atoms with Crippen LogP contribution in [0, 0.1) is 0 Å². The van der Waals surface area contributed by atoms with Crippen LogP contribution in [0.5, 0.6) is 0 Å². The molecule has 1 saturated carbocycles. The van der Waals surface area contributed by atoms with Gasteiger partial charge in [0.15, 0.2) is 0 Å². The van der Waals surface area contributed by atoms with Gasteiger partial charge in [-0.3, -0.25) is 9.36 Å². The average molecular weight is 287 g/mol. The average Bonchev–Trinajstić information content (AvgIpc) is 3.23. The molecule has 0 spiro atoms. The van der Waals surface area contributed by atoms with Gasteiger partial charge in [-0.05, 0) is 26.2 Å². The molecular weight excluding hydrogens is 262 g/mol. The molecule has 21 heavy (non-hydrogen) atoms. The van der Waals surface area contributed by atoms with Crippen LogP contribution in [0.2, 0.25) is 0 Å². The van der Waals surface area contributed by atoms with Gasteiger partial charge in [-0.1, -0.05) is 19.8 Å². The van der Waals surface area contributed by atoms with E-state index in [0.717, 1.165) is 18.8 Å². The van der Waals surface area contributed by atoms with Crippen LogP contribution in [0.4, 0.5) is 5.82 Å². The minimum atomic E-state index is 0.450. The Hall–Kier alpha value is -1.78. The number of nitrogens with one attached hydrogen (secondary N) is 1. The maximum Gasteiger partial charge on any atom is 0.148 e. The predicted octanol–water partition coefficient (Wildman–Crippen LogP) is 3.78. The highest BCUT2D eigenvalue weighted by Gasteiger charge is 2.17. The highest BCUT2D eigenvalue weighted by molar-refractivity contribution is 5.33. The van der Waals surface area contributed by atoms with E-state index in [1.54, 1.807) is 0 Å². The third-order valence-corrected chi connectivity index (χ3v) is 4.48. The Morgan fingerprint density at radius 3 is 2.95 bits per heavy atom. The first-order valence-electron chi connectivity index (χ1n) is 8.08. The zero-order valence-corrected chi connectivity index (χ0v) is 13.0. The second-order valence-corrected chi connectivity index (χ2v) is 6.06. The lowest BCUT2D eigenvalue weighted by atomic mass is 10.2. The second-order valence-electron chi connectivity index (χ2n) is 6.06. The van der Waals surface area contributed by atoms with E-state index in [1.807, 2.05) is 23.1 Å². The number of rotatable bonds is 6. The molecular formula is C16H25N5. The van der Waals surface area contributed by atoms with E-state index in [2.05, 4.69) is 40.2 Å². The zero-order valence-electron chi connectivity index (χ0n) is 13.0. The van der Waals surface area contributed by atoms with Crippen molar-refractivity contribution < 1.29 is 0 Å². The fourth-order valence-corrected chi connectivity index (χ4v) is 2.89. The molecule has 3 rings (SSSR count). The van der Waals surface area contributed by atoms with E-state index in [-0.39, 0.29) is 0 Å². The summed E-state index contributed by atoms with van der Waals surface area (Å²) in [4.78, 5) is 0. The summed E-state index contributed by atoms with van der Waals surface area (Å²) in [5, 5.41) is 12.4. The fraction of sp³-hybridized carbons (Fsp3) is 0.625. The summed E-state index contributed by atoms with van der Waals surface area (Å²) in [6.45, 7) is 5.14. The van der Waals surface area contributed by atoms with E-state index in [4.69, 9.17) is 0 Å². The molecule has 1 N–H and O–H groups in total. The smallest absolute Gasteiger partial charge is 0.148 e. The van der Waals surface area contributed by atoms with Crippen molar-refractivity contribution in [2.75, 3.05) is 5.32 Å². The molecule has 5 heteroatoms. The molecule has 2 heterocycles. The number of nitrogens with zero attached hydrogens (tertiary/aromatic N) is 4. The first kappa shape index (κ1) is 14.2. The topological polar surface area (TPSA) is 47.7 Å². The third-order valence-electron chi connectivity index (χ3n) is 4.48. The fourth-order valence-electron chi connectivity index (χ4n) is 2.89. The Balaban J connectivity index is 1.56. The summed E-state index contributed by atoms with van der Waals surface area (Å²) in [7, 11) is 0. The first-order chi connectivity index (χ1) is 10.3. The Bertz CT molecular complexity index is 565. The molecule has 0 aromatic carbocycles. The molecule has 0 unspecified atom stereocenters. The summed E-state index contributed by atoms with van der Waals surface area (Å²) in [5.74, 6) is 0.934. The van der Waals surface area contributed by atoms with Crippen LogP contribution in [-0.2, 0) is 6.54 Å². The maximum atomic E-state index is 4.56. The highest BCUT2D eigenvalue weighted by Crippen LogP contribution is 2.28. The second kappa shape index (κ2) is 6.33. The SMILES string of the molecule is CC[C@@H](C)n1ccc(NCc2cnn(C3CCCC3)c2)n1. The van der Waals surface area contributed by atoms with Crippen molar-refractivity contribution in [2.24, 2.45) is 0 Å². The molecule has 114 valence electrons. The summed E-state index contributed by atoms with van der Waals surface area (Å²) < 4.78 is 4.16. The lowest BCUT2D eigenvalue weighted by Crippen LogP contribution is -2.06. The largest absolute Gasteiger partial charge is 0.364 e. The minimum absolute atomic E-state index is 0.450. The van der Waals surface area contributed by atoms with Gasteiger partial charge in [0.2, 0.25) is 0 Å². The number of hydrogen-bond acceptors (Lipinski definition) is 3. The summed E-state index contributed by atoms with van der Waals surface area (Å²) in [5.41, 5.74) is 1.22. The molecule has 0 radical (unpaired) electrons. The lowest BCUT2D eigenvalue weighted by Gasteiger charge is -2.09. The first-order valence-corrected chi connectivity index (χ1v) is 8.08. The van der Waals surface area contributed by atoms with Gasteiger partial charge in [0, 0.05) is 36.6 Å². The molecule has 0 amide bonds. The Kier molecular flexibility index (Phi) is 4.27. The molecule has 2 aromatic rings. The summed E-state index contributed by atoms with van der Waals surface area (Å²) in [6.07, 6.45) is 12.5. The number of anilines is 1. The van der Waals surface area contributed by atoms with Crippen LogP contribution >= 0.6 is 0 Å². The Morgan fingerprint density at radius 2 is 2.19 bits per heavy atom. The van der Waals surface area contributed by atoms with Crippen LogP contribution in [-0.4, -0.2) is 19.6 Å². The molecule has 0 bridgehead atoms. The van der Waals surface area contributed by atoms with Gasteiger partial charge >= 0.3 is 0 Å². The Morgan fingerprint density at radius 1 is 1.38 bits per heavy atom. The highest BCUT2D eigenvalue weighted by atomic mass is 15.3. The van der Waals surface area contributed by atoms with Crippen molar-refractivity contribution in [3.63, 3.8) is 0 Å². The van der Waals surface area contributed by atoms with E-state index in [9.17, 15) is 0 Å². The van der Waals surface area contributed by atoms with Gasteiger partial charge in [0.25, 0.3) is 0 Å². The third kappa shape index (κ3) is 3.28. The molecule has 2 aromatic heterocycles. The quantitative estimate of drug-likeness (QED) is 0.879. The summed E-state index contributed by atoms with van der Waals surface area (Å²) in [6, 6.07) is 3.10. The predicted molar refractivity (Wildman–Crippen MR) is 84.3 cm³/mol. The van der Waals surface area contributed by atoms with Crippen LogP contribution < -0.4 is 5.32 Å². The van der Waals surface area contributed by atoms with E-state index >= 15 is 0 Å². The van der Waals surface area contributed by atoms with Crippen molar-refractivity contribution >= 4 is 5.82 Å². The van der Waals surface area contributed by atoms with Crippen LogP contribution in [0.1, 0.15) is 63.6 Å². The monoisotopic (exact) mass is 287 g/mol. The van der Waals surface area contributed by atoms with Gasteiger partial charge in [-0.25, -0.2) is 0 Å². The van der Waals surface area contributed by atoms with Gasteiger partial charge in [-0.15, -0.1) is 0 Å². The van der Waals surface area contributed by atoms with Gasteiger partial charge in [0.05, 0.1) is 12.2 Å². The molecule has 5 nitrogen and oxygen atoms in total. The van der Waals surface area contributed by atoms with Crippen LogP contribution in [0.3, 0.4) is 0 Å².